The molecule has 1 N–H and O–H groups in total. The average Bonchev–Trinajstić information content (AvgIpc) is 2.20. The smallest absolute Gasteiger partial charge is 0.224 e. The van der Waals surface area contributed by atoms with Crippen LogP contribution in [0.1, 0.15) is 26.2 Å². The Morgan fingerprint density at radius 1 is 1.53 bits per heavy atom. The standard InChI is InChI=1S/C11H13BrFNO/c1-2-3-4-11(15)14-10-7-8(13)5-6-9(10)12/h5-7H,2-4H2,1H3,(H,14,15). The number of carbonyl (C=O) groups is 1. The SMILES string of the molecule is CCCCC(=O)Nc1cc(F)ccc1Br. The Balaban J connectivity index is 2.63. The fourth-order valence-corrected chi connectivity index (χ4v) is 1.49. The summed E-state index contributed by atoms with van der Waals surface area (Å²) in [6.07, 6.45) is 2.29. The van der Waals surface area contributed by atoms with E-state index >= 15 is 0 Å². The number of rotatable bonds is 4. The van der Waals surface area contributed by atoms with E-state index in [-0.39, 0.29) is 11.7 Å². The van der Waals surface area contributed by atoms with Gasteiger partial charge < -0.3 is 5.32 Å². The van der Waals surface area contributed by atoms with Crippen LogP contribution < -0.4 is 5.32 Å². The first-order valence-electron chi connectivity index (χ1n) is 4.88. The molecule has 0 aliphatic rings. The largest absolute Gasteiger partial charge is 0.325 e. The molecule has 0 aromatic heterocycles. The van der Waals surface area contributed by atoms with Crippen LogP contribution in [0.3, 0.4) is 0 Å². The summed E-state index contributed by atoms with van der Waals surface area (Å²) in [5, 5.41) is 2.66. The van der Waals surface area contributed by atoms with Crippen LogP contribution >= 0.6 is 15.9 Å². The molecule has 0 heterocycles. The zero-order valence-corrected chi connectivity index (χ0v) is 10.1. The molecular weight excluding hydrogens is 261 g/mol. The summed E-state index contributed by atoms with van der Waals surface area (Å²) in [5.74, 6) is -0.438. The van der Waals surface area contributed by atoms with E-state index in [4.69, 9.17) is 0 Å². The summed E-state index contributed by atoms with van der Waals surface area (Å²) in [4.78, 5) is 11.4. The predicted molar refractivity (Wildman–Crippen MR) is 62.3 cm³/mol. The summed E-state index contributed by atoms with van der Waals surface area (Å²) in [6, 6.07) is 4.21. The Hall–Kier alpha value is -0.900. The Kier molecular flexibility index (Phi) is 4.75. The number of anilines is 1. The highest BCUT2D eigenvalue weighted by molar-refractivity contribution is 9.10. The molecule has 0 unspecified atom stereocenters. The minimum atomic E-state index is -0.357. The topological polar surface area (TPSA) is 29.1 Å². The van der Waals surface area contributed by atoms with Gasteiger partial charge in [-0.05, 0) is 40.5 Å². The Morgan fingerprint density at radius 2 is 2.27 bits per heavy atom. The second-order valence-corrected chi connectivity index (χ2v) is 4.13. The molecule has 0 bridgehead atoms. The molecule has 4 heteroatoms. The van der Waals surface area contributed by atoms with Crippen molar-refractivity contribution in [3.8, 4) is 0 Å². The maximum Gasteiger partial charge on any atom is 0.224 e. The monoisotopic (exact) mass is 273 g/mol. The van der Waals surface area contributed by atoms with Crippen molar-refractivity contribution < 1.29 is 9.18 Å². The van der Waals surface area contributed by atoms with Crippen LogP contribution in [0.5, 0.6) is 0 Å². The highest BCUT2D eigenvalue weighted by Gasteiger charge is 2.05. The van der Waals surface area contributed by atoms with Crippen molar-refractivity contribution in [3.63, 3.8) is 0 Å². The van der Waals surface area contributed by atoms with E-state index in [1.54, 1.807) is 6.07 Å². The average molecular weight is 274 g/mol. The van der Waals surface area contributed by atoms with Gasteiger partial charge in [0.2, 0.25) is 5.91 Å². The fourth-order valence-electron chi connectivity index (χ4n) is 1.14. The number of hydrogen-bond donors (Lipinski definition) is 1. The van der Waals surface area contributed by atoms with Gasteiger partial charge in [-0.15, -0.1) is 0 Å². The molecule has 1 rings (SSSR count). The molecule has 0 saturated carbocycles. The maximum absolute atomic E-state index is 12.9. The maximum atomic E-state index is 12.9. The second-order valence-electron chi connectivity index (χ2n) is 3.28. The van der Waals surface area contributed by atoms with E-state index < -0.39 is 0 Å². The van der Waals surface area contributed by atoms with Gasteiger partial charge >= 0.3 is 0 Å². The van der Waals surface area contributed by atoms with E-state index in [9.17, 15) is 9.18 Å². The fraction of sp³-hybridized carbons (Fsp3) is 0.364. The lowest BCUT2D eigenvalue weighted by atomic mass is 10.2. The number of hydrogen-bond acceptors (Lipinski definition) is 1. The molecule has 0 aliphatic carbocycles. The van der Waals surface area contributed by atoms with Crippen LogP contribution in [-0.4, -0.2) is 5.91 Å². The summed E-state index contributed by atoms with van der Waals surface area (Å²) in [7, 11) is 0. The highest BCUT2D eigenvalue weighted by atomic mass is 79.9. The number of benzene rings is 1. The minimum Gasteiger partial charge on any atom is -0.325 e. The summed E-state index contributed by atoms with van der Waals surface area (Å²) in [6.45, 7) is 2.02. The molecule has 1 amide bonds. The highest BCUT2D eigenvalue weighted by Crippen LogP contribution is 2.23. The van der Waals surface area contributed by atoms with Crippen molar-refractivity contribution >= 4 is 27.5 Å². The first-order chi connectivity index (χ1) is 7.13. The minimum absolute atomic E-state index is 0.0804. The lowest BCUT2D eigenvalue weighted by molar-refractivity contribution is -0.116. The first-order valence-corrected chi connectivity index (χ1v) is 5.67. The molecule has 82 valence electrons. The van der Waals surface area contributed by atoms with Crippen molar-refractivity contribution in [2.45, 2.75) is 26.2 Å². The van der Waals surface area contributed by atoms with Gasteiger partial charge in [-0.25, -0.2) is 4.39 Å². The third kappa shape index (κ3) is 4.00. The quantitative estimate of drug-likeness (QED) is 0.890. The number of unbranched alkanes of at least 4 members (excludes halogenated alkanes) is 1. The van der Waals surface area contributed by atoms with Crippen molar-refractivity contribution in [2.24, 2.45) is 0 Å². The normalized spacial score (nSPS) is 10.1. The van der Waals surface area contributed by atoms with Gasteiger partial charge in [0.05, 0.1) is 5.69 Å². The summed E-state index contributed by atoms with van der Waals surface area (Å²) < 4.78 is 13.6. The van der Waals surface area contributed by atoms with Crippen molar-refractivity contribution in [1.82, 2.24) is 0 Å². The molecule has 0 radical (unpaired) electrons. The second kappa shape index (κ2) is 5.85. The molecule has 0 spiro atoms. The molecule has 1 aromatic rings. The van der Waals surface area contributed by atoms with Crippen LogP contribution in [0, 0.1) is 5.82 Å². The van der Waals surface area contributed by atoms with E-state index in [1.807, 2.05) is 6.92 Å². The zero-order valence-electron chi connectivity index (χ0n) is 8.52. The van der Waals surface area contributed by atoms with Gasteiger partial charge in [-0.3, -0.25) is 4.79 Å². The van der Waals surface area contributed by atoms with E-state index in [1.165, 1.54) is 12.1 Å². The third-order valence-corrected chi connectivity index (χ3v) is 2.65. The first kappa shape index (κ1) is 12.2. The van der Waals surface area contributed by atoms with Gasteiger partial charge in [0.15, 0.2) is 0 Å². The van der Waals surface area contributed by atoms with Gasteiger partial charge in [0.25, 0.3) is 0 Å². The number of nitrogens with one attached hydrogen (secondary N) is 1. The molecular formula is C11H13BrFNO. The van der Waals surface area contributed by atoms with Gasteiger partial charge in [-0.1, -0.05) is 13.3 Å². The van der Waals surface area contributed by atoms with Gasteiger partial charge in [0, 0.05) is 10.9 Å². The molecule has 2 nitrogen and oxygen atoms in total. The van der Waals surface area contributed by atoms with Gasteiger partial charge in [-0.2, -0.15) is 0 Å². The summed E-state index contributed by atoms with van der Waals surface area (Å²) in [5.41, 5.74) is 0.483. The molecule has 0 saturated heterocycles. The van der Waals surface area contributed by atoms with Gasteiger partial charge in [0.1, 0.15) is 5.82 Å². The molecule has 1 aromatic carbocycles. The lowest BCUT2D eigenvalue weighted by Gasteiger charge is -2.06. The van der Waals surface area contributed by atoms with Crippen LogP contribution in [0.4, 0.5) is 10.1 Å². The molecule has 0 fully saturated rings. The van der Waals surface area contributed by atoms with Crippen molar-refractivity contribution in [3.05, 3.63) is 28.5 Å². The van der Waals surface area contributed by atoms with Crippen LogP contribution in [0.15, 0.2) is 22.7 Å². The molecule has 0 aliphatic heterocycles. The Labute approximate surface area is 97.0 Å². The number of carbonyl (C=O) groups excluding carboxylic acids is 1. The third-order valence-electron chi connectivity index (χ3n) is 1.96. The van der Waals surface area contributed by atoms with E-state index in [2.05, 4.69) is 21.2 Å². The van der Waals surface area contributed by atoms with Crippen molar-refractivity contribution in [1.29, 1.82) is 0 Å². The predicted octanol–water partition coefficient (Wildman–Crippen LogP) is 3.72. The summed E-state index contributed by atoms with van der Waals surface area (Å²) >= 11 is 3.25. The van der Waals surface area contributed by atoms with Crippen molar-refractivity contribution in [2.75, 3.05) is 5.32 Å². The van der Waals surface area contributed by atoms with E-state index in [0.29, 0.717) is 16.6 Å². The van der Waals surface area contributed by atoms with Crippen LogP contribution in [-0.2, 0) is 4.79 Å². The Morgan fingerprint density at radius 3 is 2.93 bits per heavy atom. The van der Waals surface area contributed by atoms with E-state index in [0.717, 1.165) is 12.8 Å². The number of halogens is 2. The molecule has 15 heavy (non-hydrogen) atoms. The van der Waals surface area contributed by atoms with Crippen LogP contribution in [0.25, 0.3) is 0 Å². The lowest BCUT2D eigenvalue weighted by Crippen LogP contribution is -2.11. The number of amides is 1. The molecule has 0 atom stereocenters. The Bertz CT molecular complexity index is 354. The zero-order chi connectivity index (χ0) is 11.3. The van der Waals surface area contributed by atoms with Crippen LogP contribution in [0.2, 0.25) is 0 Å².